The summed E-state index contributed by atoms with van der Waals surface area (Å²) in [4.78, 5) is 27.2. The van der Waals surface area contributed by atoms with Gasteiger partial charge in [-0.3, -0.25) is 9.69 Å². The number of hydrogen-bond acceptors (Lipinski definition) is 5. The number of nitrogens with zero attached hydrogens (tertiary/aromatic N) is 3. The molecule has 0 unspecified atom stereocenters. The van der Waals surface area contributed by atoms with E-state index in [2.05, 4.69) is 60.8 Å². The van der Waals surface area contributed by atoms with Gasteiger partial charge in [0, 0.05) is 55.1 Å². The zero-order valence-electron chi connectivity index (χ0n) is 20.7. The Bertz CT molecular complexity index is 1380. The predicted octanol–water partition coefficient (Wildman–Crippen LogP) is 5.25. The fraction of sp³-hybridized carbons (Fsp3) is 0.345. The number of hydrogen-bond donors (Lipinski definition) is 3. The molecule has 0 radical (unpaired) electrons. The van der Waals surface area contributed by atoms with Crippen LogP contribution >= 0.6 is 11.6 Å². The maximum atomic E-state index is 12.8. The Morgan fingerprint density at radius 1 is 1.03 bits per heavy atom. The summed E-state index contributed by atoms with van der Waals surface area (Å²) in [5.41, 5.74) is 4.21. The van der Waals surface area contributed by atoms with Gasteiger partial charge in [0.15, 0.2) is 0 Å². The smallest absolute Gasteiger partial charge is 0.225 e. The molecule has 1 amide bonds. The Balaban J connectivity index is 0.994. The summed E-state index contributed by atoms with van der Waals surface area (Å²) in [6.07, 6.45) is 7.63. The van der Waals surface area contributed by atoms with Crippen molar-refractivity contribution < 1.29 is 4.79 Å². The van der Waals surface area contributed by atoms with Gasteiger partial charge in [-0.05, 0) is 61.1 Å². The molecule has 3 N–H and O–H groups in total. The highest BCUT2D eigenvalue weighted by molar-refractivity contribution is 6.29. The average Bonchev–Trinajstić information content (AvgIpc) is 3.32. The van der Waals surface area contributed by atoms with E-state index in [4.69, 9.17) is 11.6 Å². The first-order chi connectivity index (χ1) is 18.1. The highest BCUT2D eigenvalue weighted by Crippen LogP contribution is 2.31. The molecular formula is C29H31ClN6O. The summed E-state index contributed by atoms with van der Waals surface area (Å²) in [5, 5.41) is 8.40. The standard InChI is InChI=1S/C29H31ClN6O/c30-26-13-20(25-15-32-28-24(25)7-4-12-31-28)14-27(35-26)33-22-8-10-23(11-9-22)34-29(37)21-17-36(18-21)16-19-5-2-1-3-6-19/h1-7,12-15,21-23H,8-11,16-18H2,(H,31,32)(H,33,35)(H,34,37). The monoisotopic (exact) mass is 514 g/mol. The van der Waals surface area contributed by atoms with Crippen LogP contribution in [0.4, 0.5) is 5.82 Å². The van der Waals surface area contributed by atoms with Gasteiger partial charge in [-0.1, -0.05) is 41.9 Å². The summed E-state index contributed by atoms with van der Waals surface area (Å²) < 4.78 is 0. The lowest BCUT2D eigenvalue weighted by atomic mass is 9.90. The van der Waals surface area contributed by atoms with E-state index in [-0.39, 0.29) is 17.9 Å². The highest BCUT2D eigenvalue weighted by atomic mass is 35.5. The molecule has 4 aromatic rings. The zero-order chi connectivity index (χ0) is 25.2. The van der Waals surface area contributed by atoms with Crippen molar-refractivity contribution in [3.63, 3.8) is 0 Å². The Morgan fingerprint density at radius 2 is 1.81 bits per heavy atom. The minimum Gasteiger partial charge on any atom is -0.367 e. The molecule has 1 saturated heterocycles. The normalized spacial score (nSPS) is 20.5. The van der Waals surface area contributed by atoms with E-state index in [0.717, 1.165) is 73.3 Å². The summed E-state index contributed by atoms with van der Waals surface area (Å²) in [6.45, 7) is 2.59. The maximum absolute atomic E-state index is 12.8. The highest BCUT2D eigenvalue weighted by Gasteiger charge is 2.34. The fourth-order valence-corrected chi connectivity index (χ4v) is 5.75. The van der Waals surface area contributed by atoms with Crippen molar-refractivity contribution in [2.75, 3.05) is 18.4 Å². The molecule has 2 aliphatic rings. The van der Waals surface area contributed by atoms with Crippen molar-refractivity contribution in [2.45, 2.75) is 44.3 Å². The average molecular weight is 515 g/mol. The van der Waals surface area contributed by atoms with Crippen LogP contribution in [0.3, 0.4) is 0 Å². The molecule has 1 aliphatic carbocycles. The first-order valence-electron chi connectivity index (χ1n) is 13.0. The number of aromatic nitrogens is 3. The van der Waals surface area contributed by atoms with E-state index in [1.165, 1.54) is 5.56 Å². The van der Waals surface area contributed by atoms with Gasteiger partial charge in [0.25, 0.3) is 0 Å². The van der Waals surface area contributed by atoms with Crippen molar-refractivity contribution in [1.29, 1.82) is 0 Å². The van der Waals surface area contributed by atoms with Crippen LogP contribution in [-0.4, -0.2) is 50.9 Å². The molecule has 3 aromatic heterocycles. The number of carbonyl (C=O) groups is 1. The summed E-state index contributed by atoms with van der Waals surface area (Å²) in [6, 6.07) is 18.9. The van der Waals surface area contributed by atoms with Crippen molar-refractivity contribution in [3.05, 3.63) is 77.7 Å². The lowest BCUT2D eigenvalue weighted by Gasteiger charge is -2.39. The van der Waals surface area contributed by atoms with Crippen molar-refractivity contribution in [1.82, 2.24) is 25.2 Å². The van der Waals surface area contributed by atoms with E-state index in [1.54, 1.807) is 6.20 Å². The first-order valence-corrected chi connectivity index (χ1v) is 13.4. The largest absolute Gasteiger partial charge is 0.367 e. The second kappa shape index (κ2) is 10.5. The molecule has 2 fully saturated rings. The number of H-pyrrole nitrogens is 1. The van der Waals surface area contributed by atoms with E-state index in [0.29, 0.717) is 11.2 Å². The molecule has 0 atom stereocenters. The second-order valence-electron chi connectivity index (χ2n) is 10.2. The fourth-order valence-electron chi connectivity index (χ4n) is 5.54. The lowest BCUT2D eigenvalue weighted by molar-refractivity contribution is -0.131. The first kappa shape index (κ1) is 23.9. The van der Waals surface area contributed by atoms with Gasteiger partial charge in [-0.25, -0.2) is 9.97 Å². The second-order valence-corrected chi connectivity index (χ2v) is 10.6. The van der Waals surface area contributed by atoms with Crippen LogP contribution in [0.25, 0.3) is 22.2 Å². The Morgan fingerprint density at radius 3 is 2.62 bits per heavy atom. The summed E-state index contributed by atoms with van der Waals surface area (Å²) in [7, 11) is 0. The van der Waals surface area contributed by atoms with Gasteiger partial charge in [0.1, 0.15) is 16.6 Å². The summed E-state index contributed by atoms with van der Waals surface area (Å²) in [5.74, 6) is 1.09. The van der Waals surface area contributed by atoms with Crippen LogP contribution < -0.4 is 10.6 Å². The third kappa shape index (κ3) is 5.48. The van der Waals surface area contributed by atoms with Gasteiger partial charge in [-0.15, -0.1) is 0 Å². The third-order valence-electron chi connectivity index (χ3n) is 7.56. The van der Waals surface area contributed by atoms with E-state index in [1.807, 2.05) is 30.5 Å². The molecule has 0 spiro atoms. The maximum Gasteiger partial charge on any atom is 0.225 e. The van der Waals surface area contributed by atoms with Crippen molar-refractivity contribution in [2.24, 2.45) is 5.92 Å². The number of carbonyl (C=O) groups excluding carboxylic acids is 1. The van der Waals surface area contributed by atoms with Crippen LogP contribution in [0.5, 0.6) is 0 Å². The number of halogens is 1. The molecule has 7 nitrogen and oxygen atoms in total. The molecule has 4 heterocycles. The molecule has 0 bridgehead atoms. The summed E-state index contributed by atoms with van der Waals surface area (Å²) >= 11 is 6.39. The number of amides is 1. The minimum atomic E-state index is 0.105. The third-order valence-corrected chi connectivity index (χ3v) is 7.75. The molecule has 1 aromatic carbocycles. The SMILES string of the molecule is O=C(NC1CCC(Nc2cc(-c3c[nH]c4ncccc34)cc(Cl)n2)CC1)C1CN(Cc2ccccc2)C1. The lowest BCUT2D eigenvalue weighted by Crippen LogP contribution is -2.55. The van der Waals surface area contributed by atoms with Gasteiger partial charge >= 0.3 is 0 Å². The van der Waals surface area contributed by atoms with Gasteiger partial charge < -0.3 is 15.6 Å². The number of benzene rings is 1. The Labute approximate surface area is 221 Å². The quantitative estimate of drug-likeness (QED) is 0.293. The van der Waals surface area contributed by atoms with E-state index >= 15 is 0 Å². The molecule has 1 saturated carbocycles. The van der Waals surface area contributed by atoms with Gasteiger partial charge in [-0.2, -0.15) is 0 Å². The molecule has 37 heavy (non-hydrogen) atoms. The van der Waals surface area contributed by atoms with Crippen molar-refractivity contribution in [3.8, 4) is 11.1 Å². The molecule has 8 heteroatoms. The molecule has 190 valence electrons. The number of pyridine rings is 2. The Hall–Kier alpha value is -3.42. The van der Waals surface area contributed by atoms with Crippen LogP contribution in [-0.2, 0) is 11.3 Å². The molecular weight excluding hydrogens is 484 g/mol. The van der Waals surface area contributed by atoms with E-state index in [9.17, 15) is 4.79 Å². The number of fused-ring (bicyclic) bond motifs is 1. The topological polar surface area (TPSA) is 85.9 Å². The predicted molar refractivity (Wildman–Crippen MR) is 147 cm³/mol. The zero-order valence-corrected chi connectivity index (χ0v) is 21.4. The number of aromatic amines is 1. The number of nitrogens with one attached hydrogen (secondary N) is 3. The van der Waals surface area contributed by atoms with Gasteiger partial charge in [0.05, 0.1) is 5.92 Å². The molecule has 1 aliphatic heterocycles. The minimum absolute atomic E-state index is 0.105. The Kier molecular flexibility index (Phi) is 6.81. The van der Waals surface area contributed by atoms with E-state index < -0.39 is 0 Å². The number of anilines is 1. The number of likely N-dealkylation sites (tertiary alicyclic amines) is 1. The van der Waals surface area contributed by atoms with Crippen LogP contribution in [0.2, 0.25) is 5.15 Å². The van der Waals surface area contributed by atoms with Crippen LogP contribution in [0.15, 0.2) is 67.0 Å². The molecule has 6 rings (SSSR count). The van der Waals surface area contributed by atoms with Crippen LogP contribution in [0.1, 0.15) is 31.2 Å². The number of rotatable bonds is 7. The van der Waals surface area contributed by atoms with Crippen LogP contribution in [0, 0.1) is 5.92 Å². The van der Waals surface area contributed by atoms with Crippen molar-refractivity contribution >= 4 is 34.4 Å². The van der Waals surface area contributed by atoms with Gasteiger partial charge in [0.2, 0.25) is 5.91 Å².